The average molecular weight is 176 g/mol. The minimum atomic E-state index is -1.11. The van der Waals surface area contributed by atoms with E-state index in [0.29, 0.717) is 6.42 Å². The Morgan fingerprint density at radius 3 is 2.58 bits per heavy atom. The lowest BCUT2D eigenvalue weighted by molar-refractivity contribution is -0.264. The first-order valence-electron chi connectivity index (χ1n) is 4.06. The zero-order valence-electron chi connectivity index (χ0n) is 7.65. The van der Waals surface area contributed by atoms with Crippen LogP contribution in [0, 0.1) is 0 Å². The predicted octanol–water partition coefficient (Wildman–Crippen LogP) is -0.120. The molecule has 4 nitrogen and oxygen atoms in total. The van der Waals surface area contributed by atoms with Gasteiger partial charge in [0.1, 0.15) is 6.10 Å². The molecule has 0 bridgehead atoms. The van der Waals surface area contributed by atoms with E-state index in [1.165, 1.54) is 7.11 Å². The van der Waals surface area contributed by atoms with Crippen molar-refractivity contribution in [2.75, 3.05) is 7.11 Å². The van der Waals surface area contributed by atoms with Crippen molar-refractivity contribution >= 4 is 0 Å². The van der Waals surface area contributed by atoms with E-state index in [2.05, 4.69) is 0 Å². The van der Waals surface area contributed by atoms with Crippen LogP contribution in [0.25, 0.3) is 0 Å². The normalized spacial score (nSPS) is 49.2. The van der Waals surface area contributed by atoms with Gasteiger partial charge in [-0.1, -0.05) is 0 Å². The smallest absolute Gasteiger partial charge is 0.160 e. The number of methoxy groups -OCH3 is 1. The molecule has 4 heteroatoms. The lowest BCUT2D eigenvalue weighted by atomic mass is 9.89. The number of aliphatic hydroxyl groups is 2. The molecule has 0 aliphatic carbocycles. The van der Waals surface area contributed by atoms with Crippen molar-refractivity contribution < 1.29 is 19.7 Å². The highest BCUT2D eigenvalue weighted by Gasteiger charge is 2.43. The van der Waals surface area contributed by atoms with Crippen LogP contribution in [-0.2, 0) is 9.47 Å². The summed E-state index contributed by atoms with van der Waals surface area (Å²) in [4.78, 5) is 0. The van der Waals surface area contributed by atoms with Crippen molar-refractivity contribution in [3.8, 4) is 0 Å². The molecule has 1 aliphatic heterocycles. The van der Waals surface area contributed by atoms with Crippen LogP contribution in [0.2, 0.25) is 0 Å². The Bertz CT molecular complexity index is 157. The summed E-state index contributed by atoms with van der Waals surface area (Å²) < 4.78 is 10.2. The maximum Gasteiger partial charge on any atom is 0.160 e. The maximum absolute atomic E-state index is 9.70. The van der Waals surface area contributed by atoms with Crippen LogP contribution < -0.4 is 0 Å². The molecule has 1 fully saturated rings. The first-order valence-corrected chi connectivity index (χ1v) is 4.06. The van der Waals surface area contributed by atoms with Crippen LogP contribution >= 0.6 is 0 Å². The molecule has 0 aromatic carbocycles. The molecule has 0 spiro atoms. The SMILES string of the molecule is COC1C[C@@](C)(O)[C@@H](O)[C@H](C)O1. The molecule has 0 aromatic heterocycles. The zero-order chi connectivity index (χ0) is 9.35. The van der Waals surface area contributed by atoms with Gasteiger partial charge in [0.15, 0.2) is 6.29 Å². The highest BCUT2D eigenvalue weighted by molar-refractivity contribution is 4.90. The molecule has 4 atom stereocenters. The van der Waals surface area contributed by atoms with Crippen LogP contribution in [0.3, 0.4) is 0 Å². The number of rotatable bonds is 1. The van der Waals surface area contributed by atoms with Gasteiger partial charge in [-0.15, -0.1) is 0 Å². The van der Waals surface area contributed by atoms with Gasteiger partial charge in [0.25, 0.3) is 0 Å². The third kappa shape index (κ3) is 1.77. The molecule has 1 unspecified atom stereocenters. The van der Waals surface area contributed by atoms with Gasteiger partial charge in [0, 0.05) is 13.5 Å². The third-order valence-electron chi connectivity index (χ3n) is 2.29. The largest absolute Gasteiger partial charge is 0.387 e. The maximum atomic E-state index is 9.70. The van der Waals surface area contributed by atoms with Crippen molar-refractivity contribution in [2.45, 2.75) is 44.4 Å². The molecule has 1 aliphatic rings. The van der Waals surface area contributed by atoms with Crippen LogP contribution in [0.4, 0.5) is 0 Å². The van der Waals surface area contributed by atoms with E-state index in [1.807, 2.05) is 0 Å². The monoisotopic (exact) mass is 176 g/mol. The van der Waals surface area contributed by atoms with Crippen molar-refractivity contribution in [3.05, 3.63) is 0 Å². The average Bonchev–Trinajstić information content (AvgIpc) is 1.99. The second-order valence-corrected chi connectivity index (χ2v) is 3.51. The topological polar surface area (TPSA) is 58.9 Å². The fourth-order valence-electron chi connectivity index (χ4n) is 1.46. The van der Waals surface area contributed by atoms with Gasteiger partial charge in [-0.3, -0.25) is 0 Å². The number of aliphatic hydroxyl groups excluding tert-OH is 1. The van der Waals surface area contributed by atoms with Gasteiger partial charge in [-0.2, -0.15) is 0 Å². The molecular weight excluding hydrogens is 160 g/mol. The van der Waals surface area contributed by atoms with E-state index in [4.69, 9.17) is 9.47 Å². The zero-order valence-corrected chi connectivity index (χ0v) is 7.65. The van der Waals surface area contributed by atoms with Gasteiger partial charge in [-0.25, -0.2) is 0 Å². The molecule has 0 amide bonds. The number of hydrogen-bond donors (Lipinski definition) is 2. The highest BCUT2D eigenvalue weighted by atomic mass is 16.7. The lowest BCUT2D eigenvalue weighted by Gasteiger charge is -2.41. The van der Waals surface area contributed by atoms with Gasteiger partial charge in [0.05, 0.1) is 11.7 Å². The van der Waals surface area contributed by atoms with E-state index in [0.717, 1.165) is 0 Å². The van der Waals surface area contributed by atoms with Crippen LogP contribution in [0.15, 0.2) is 0 Å². The summed E-state index contributed by atoms with van der Waals surface area (Å²) >= 11 is 0. The van der Waals surface area contributed by atoms with E-state index in [-0.39, 0.29) is 0 Å². The summed E-state index contributed by atoms with van der Waals surface area (Å²) in [5.74, 6) is 0. The molecule has 2 N–H and O–H groups in total. The fraction of sp³-hybridized carbons (Fsp3) is 1.00. The fourth-order valence-corrected chi connectivity index (χ4v) is 1.46. The standard InChI is InChI=1S/C8H16O4/c1-5-7(9)8(2,10)4-6(11-3)12-5/h5-7,9-10H,4H2,1-3H3/t5-,6?,7-,8+/m0/s1. The van der Waals surface area contributed by atoms with Crippen LogP contribution in [-0.4, -0.2) is 41.4 Å². The second-order valence-electron chi connectivity index (χ2n) is 3.51. The Balaban J connectivity index is 2.65. The quantitative estimate of drug-likeness (QED) is 0.584. The molecule has 0 saturated carbocycles. The summed E-state index contributed by atoms with van der Waals surface area (Å²) in [6, 6.07) is 0. The van der Waals surface area contributed by atoms with Crippen LogP contribution in [0.5, 0.6) is 0 Å². The Kier molecular flexibility index (Phi) is 2.73. The van der Waals surface area contributed by atoms with E-state index < -0.39 is 24.1 Å². The Labute approximate surface area is 72.1 Å². The van der Waals surface area contributed by atoms with Crippen molar-refractivity contribution in [1.82, 2.24) is 0 Å². The summed E-state index contributed by atoms with van der Waals surface area (Å²) in [5, 5.41) is 19.2. The van der Waals surface area contributed by atoms with Crippen molar-refractivity contribution in [1.29, 1.82) is 0 Å². The van der Waals surface area contributed by atoms with Gasteiger partial charge < -0.3 is 19.7 Å². The number of hydrogen-bond acceptors (Lipinski definition) is 4. The molecule has 1 saturated heterocycles. The summed E-state index contributed by atoms with van der Waals surface area (Å²) in [5.41, 5.74) is -1.11. The Morgan fingerprint density at radius 2 is 2.17 bits per heavy atom. The molecule has 0 aromatic rings. The Hall–Kier alpha value is -0.160. The minimum absolute atomic E-state index is 0.301. The first kappa shape index (κ1) is 9.92. The molecule has 1 rings (SSSR count). The van der Waals surface area contributed by atoms with Crippen molar-refractivity contribution in [2.24, 2.45) is 0 Å². The van der Waals surface area contributed by atoms with Crippen molar-refractivity contribution in [3.63, 3.8) is 0 Å². The van der Waals surface area contributed by atoms with Gasteiger partial charge in [0.2, 0.25) is 0 Å². The van der Waals surface area contributed by atoms with Gasteiger partial charge >= 0.3 is 0 Å². The third-order valence-corrected chi connectivity index (χ3v) is 2.29. The summed E-state index contributed by atoms with van der Waals surface area (Å²) in [6.45, 7) is 3.30. The summed E-state index contributed by atoms with van der Waals surface area (Å²) in [7, 11) is 1.52. The van der Waals surface area contributed by atoms with E-state index in [1.54, 1.807) is 13.8 Å². The minimum Gasteiger partial charge on any atom is -0.387 e. The lowest BCUT2D eigenvalue weighted by Crippen LogP contribution is -2.54. The van der Waals surface area contributed by atoms with E-state index in [9.17, 15) is 10.2 Å². The molecule has 1 heterocycles. The van der Waals surface area contributed by atoms with Crippen LogP contribution in [0.1, 0.15) is 20.3 Å². The number of ether oxygens (including phenoxy) is 2. The molecular formula is C8H16O4. The highest BCUT2D eigenvalue weighted by Crippen LogP contribution is 2.28. The molecule has 0 radical (unpaired) electrons. The summed E-state index contributed by atoms with van der Waals surface area (Å²) in [6.07, 6.45) is -1.35. The van der Waals surface area contributed by atoms with Gasteiger partial charge in [-0.05, 0) is 13.8 Å². The molecule has 72 valence electrons. The Morgan fingerprint density at radius 1 is 1.58 bits per heavy atom. The first-order chi connectivity index (χ1) is 5.47. The predicted molar refractivity (Wildman–Crippen MR) is 42.6 cm³/mol. The molecule has 12 heavy (non-hydrogen) atoms. The van der Waals surface area contributed by atoms with E-state index >= 15 is 0 Å². The second kappa shape index (κ2) is 3.30.